The quantitative estimate of drug-likeness (QED) is 0.391. The van der Waals surface area contributed by atoms with Crippen molar-refractivity contribution >= 4 is 44.6 Å². The van der Waals surface area contributed by atoms with Gasteiger partial charge in [-0.3, -0.25) is 4.79 Å². The van der Waals surface area contributed by atoms with E-state index in [1.807, 2.05) is 25.1 Å². The van der Waals surface area contributed by atoms with E-state index in [-0.39, 0.29) is 12.3 Å². The number of thiazole rings is 1. The Morgan fingerprint density at radius 2 is 2.09 bits per heavy atom. The molecular weight excluding hydrogens is 450 g/mol. The molecule has 34 heavy (non-hydrogen) atoms. The van der Waals surface area contributed by atoms with E-state index in [0.29, 0.717) is 12.6 Å². The zero-order valence-corrected chi connectivity index (χ0v) is 20.9. The molecule has 0 aliphatic carbocycles. The van der Waals surface area contributed by atoms with Gasteiger partial charge in [0.25, 0.3) is 0 Å². The molecule has 0 radical (unpaired) electrons. The van der Waals surface area contributed by atoms with E-state index in [1.54, 1.807) is 18.4 Å². The number of hydrogen-bond donors (Lipinski definition) is 2. The van der Waals surface area contributed by atoms with Gasteiger partial charge in [-0.15, -0.1) is 11.3 Å². The summed E-state index contributed by atoms with van der Waals surface area (Å²) in [5.74, 6) is -1.05. The molecule has 0 amide bonds. The normalized spacial score (nSPS) is 15.4. The summed E-state index contributed by atoms with van der Waals surface area (Å²) in [6.45, 7) is 6.98. The van der Waals surface area contributed by atoms with Gasteiger partial charge in [0.15, 0.2) is 0 Å². The largest absolute Gasteiger partial charge is 0.481 e. The van der Waals surface area contributed by atoms with Crippen molar-refractivity contribution in [2.75, 3.05) is 43.7 Å². The number of methoxy groups -OCH3 is 1. The molecule has 1 aliphatic rings. The topological polar surface area (TPSA) is 83.9 Å². The molecule has 182 valence electrons. The molecule has 0 bridgehead atoms. The van der Waals surface area contributed by atoms with Gasteiger partial charge in [0, 0.05) is 44.5 Å². The summed E-state index contributed by atoms with van der Waals surface area (Å²) in [4.78, 5) is 18.5. The molecule has 1 aliphatic heterocycles. The monoisotopic (exact) mass is 483 g/mol. The van der Waals surface area contributed by atoms with Crippen LogP contribution in [0.2, 0.25) is 0 Å². The Kier molecular flexibility index (Phi) is 8.03. The third-order valence-corrected chi connectivity index (χ3v) is 7.27. The van der Waals surface area contributed by atoms with Gasteiger partial charge in [-0.2, -0.15) is 0 Å². The highest BCUT2D eigenvalue weighted by atomic mass is 32.1. The van der Waals surface area contributed by atoms with Crippen molar-refractivity contribution in [1.29, 1.82) is 0 Å². The summed E-state index contributed by atoms with van der Waals surface area (Å²) in [7, 11) is 1.61. The number of nitrogens with zero attached hydrogens (tertiary/aromatic N) is 2. The first-order valence-electron chi connectivity index (χ1n) is 11.8. The number of aromatic nitrogens is 1. The minimum absolute atomic E-state index is 0.0240. The van der Waals surface area contributed by atoms with Crippen LogP contribution in [-0.4, -0.2) is 55.6 Å². The van der Waals surface area contributed by atoms with Crippen LogP contribution in [0.5, 0.6) is 0 Å². The van der Waals surface area contributed by atoms with Gasteiger partial charge >= 0.3 is 5.97 Å². The Labute approximate surface area is 204 Å². The molecule has 7 nitrogen and oxygen atoms in total. The van der Waals surface area contributed by atoms with Crippen molar-refractivity contribution in [3.63, 3.8) is 0 Å². The summed E-state index contributed by atoms with van der Waals surface area (Å²) in [5.41, 5.74) is 5.02. The number of hydrogen-bond acceptors (Lipinski definition) is 7. The van der Waals surface area contributed by atoms with Crippen LogP contribution >= 0.6 is 11.3 Å². The predicted octanol–water partition coefficient (Wildman–Crippen LogP) is 5.56. The lowest BCUT2D eigenvalue weighted by Gasteiger charge is -2.37. The average molecular weight is 484 g/mol. The third-order valence-electron chi connectivity index (χ3n) is 6.34. The zero-order valence-electron chi connectivity index (χ0n) is 20.0. The smallest absolute Gasteiger partial charge is 0.304 e. The molecule has 0 spiro atoms. The summed E-state index contributed by atoms with van der Waals surface area (Å²) in [6, 6.07) is 12.9. The second kappa shape index (κ2) is 11.2. The van der Waals surface area contributed by atoms with Crippen molar-refractivity contribution in [3.8, 4) is 0 Å². The number of aryl methyl sites for hydroxylation is 1. The standard InChI is InChI=1S/C26H33N3O4S/c1-4-29(21-9-11-33-12-10-21)24-8-5-18(19(16-32-3)14-26(30)31)13-23(24)28-20-6-7-22-25(15-20)34-17(2)27-22/h5-8,13,15,19,21,28H,4,9-12,14,16H2,1-3H3,(H,30,31). The van der Waals surface area contributed by atoms with Crippen molar-refractivity contribution in [3.05, 3.63) is 47.0 Å². The van der Waals surface area contributed by atoms with Gasteiger partial charge in [-0.25, -0.2) is 4.98 Å². The van der Waals surface area contributed by atoms with E-state index in [4.69, 9.17) is 9.47 Å². The lowest BCUT2D eigenvalue weighted by atomic mass is 9.95. The Hall–Kier alpha value is -2.68. The maximum atomic E-state index is 11.5. The molecule has 3 aromatic rings. The van der Waals surface area contributed by atoms with Crippen LogP contribution in [0.1, 0.15) is 42.7 Å². The highest BCUT2D eigenvalue weighted by Gasteiger charge is 2.24. The van der Waals surface area contributed by atoms with Crippen molar-refractivity contribution in [2.24, 2.45) is 0 Å². The summed E-state index contributed by atoms with van der Waals surface area (Å²) in [5, 5.41) is 14.1. The number of anilines is 3. The number of carboxylic acids is 1. The second-order valence-corrected chi connectivity index (χ2v) is 9.93. The Balaban J connectivity index is 1.73. The van der Waals surface area contributed by atoms with Crippen LogP contribution in [0.15, 0.2) is 36.4 Å². The molecular formula is C26H33N3O4S. The van der Waals surface area contributed by atoms with Crippen LogP contribution in [0.25, 0.3) is 10.2 Å². The minimum atomic E-state index is -0.830. The van der Waals surface area contributed by atoms with Crippen LogP contribution in [-0.2, 0) is 14.3 Å². The van der Waals surface area contributed by atoms with E-state index in [1.165, 1.54) is 0 Å². The number of aliphatic carboxylic acids is 1. The molecule has 2 N–H and O–H groups in total. The first-order valence-corrected chi connectivity index (χ1v) is 12.6. The van der Waals surface area contributed by atoms with Gasteiger partial charge in [-0.1, -0.05) is 6.07 Å². The van der Waals surface area contributed by atoms with E-state index in [2.05, 4.69) is 40.3 Å². The Morgan fingerprint density at radius 1 is 1.29 bits per heavy atom. The van der Waals surface area contributed by atoms with Crippen LogP contribution in [0.3, 0.4) is 0 Å². The van der Waals surface area contributed by atoms with Crippen molar-refractivity contribution in [2.45, 2.75) is 45.1 Å². The molecule has 8 heteroatoms. The van der Waals surface area contributed by atoms with Crippen LogP contribution < -0.4 is 10.2 Å². The lowest BCUT2D eigenvalue weighted by Crippen LogP contribution is -2.39. The highest BCUT2D eigenvalue weighted by molar-refractivity contribution is 7.18. The first kappa shape index (κ1) is 24.4. The van der Waals surface area contributed by atoms with E-state index < -0.39 is 5.97 Å². The van der Waals surface area contributed by atoms with Crippen LogP contribution in [0, 0.1) is 6.92 Å². The number of carbonyl (C=O) groups is 1. The van der Waals surface area contributed by atoms with Crippen LogP contribution in [0.4, 0.5) is 17.1 Å². The highest BCUT2D eigenvalue weighted by Crippen LogP contribution is 2.36. The number of nitrogens with one attached hydrogen (secondary N) is 1. The molecule has 2 aromatic carbocycles. The maximum Gasteiger partial charge on any atom is 0.304 e. The van der Waals surface area contributed by atoms with Crippen molar-refractivity contribution < 1.29 is 19.4 Å². The summed E-state index contributed by atoms with van der Waals surface area (Å²) < 4.78 is 12.1. The third kappa shape index (κ3) is 5.68. The SMILES string of the molecule is CCN(c1ccc(C(COC)CC(=O)O)cc1Nc1ccc2nc(C)sc2c1)C1CCOCC1. The van der Waals surface area contributed by atoms with Gasteiger partial charge in [0.2, 0.25) is 0 Å². The number of ether oxygens (including phenoxy) is 2. The number of rotatable bonds is 10. The summed E-state index contributed by atoms with van der Waals surface area (Å²) in [6.07, 6.45) is 2.01. The fourth-order valence-electron chi connectivity index (χ4n) is 4.74. The molecule has 1 unspecified atom stereocenters. The Morgan fingerprint density at radius 3 is 2.79 bits per heavy atom. The molecule has 1 fully saturated rings. The summed E-state index contributed by atoms with van der Waals surface area (Å²) >= 11 is 1.68. The van der Waals surface area contributed by atoms with Gasteiger partial charge in [0.1, 0.15) is 0 Å². The number of carboxylic acid groups (broad SMARTS) is 1. The minimum Gasteiger partial charge on any atom is -0.481 e. The molecule has 2 heterocycles. The Bertz CT molecular complexity index is 1130. The molecule has 4 rings (SSSR count). The molecule has 1 atom stereocenters. The number of fused-ring (bicyclic) bond motifs is 1. The fraction of sp³-hybridized carbons (Fsp3) is 0.462. The second-order valence-electron chi connectivity index (χ2n) is 8.70. The van der Waals surface area contributed by atoms with Gasteiger partial charge < -0.3 is 24.8 Å². The molecule has 1 aromatic heterocycles. The van der Waals surface area contributed by atoms with Gasteiger partial charge in [-0.05, 0) is 62.6 Å². The van der Waals surface area contributed by atoms with Gasteiger partial charge in [0.05, 0.1) is 39.6 Å². The first-order chi connectivity index (χ1) is 16.5. The predicted molar refractivity (Wildman–Crippen MR) is 138 cm³/mol. The van der Waals surface area contributed by atoms with E-state index >= 15 is 0 Å². The lowest BCUT2D eigenvalue weighted by molar-refractivity contribution is -0.137. The van der Waals surface area contributed by atoms with E-state index in [9.17, 15) is 9.90 Å². The average Bonchev–Trinajstić information content (AvgIpc) is 3.20. The van der Waals surface area contributed by atoms with E-state index in [0.717, 1.165) is 70.5 Å². The molecule has 0 saturated carbocycles. The molecule has 1 saturated heterocycles. The van der Waals surface area contributed by atoms with Crippen molar-refractivity contribution in [1.82, 2.24) is 4.98 Å². The number of benzene rings is 2. The zero-order chi connectivity index (χ0) is 24.1. The maximum absolute atomic E-state index is 11.5. The fourth-order valence-corrected chi connectivity index (χ4v) is 5.60.